The second kappa shape index (κ2) is 7.17. The van der Waals surface area contributed by atoms with Gasteiger partial charge in [-0.15, -0.1) is 0 Å². The van der Waals surface area contributed by atoms with Crippen molar-refractivity contribution in [2.75, 3.05) is 23.9 Å². The maximum Gasteiger partial charge on any atom is 0.193 e. The molecular formula is C11H17N3S. The van der Waals surface area contributed by atoms with Crippen LogP contribution in [0.3, 0.4) is 0 Å². The highest BCUT2D eigenvalue weighted by molar-refractivity contribution is 7.98. The molecule has 0 spiro atoms. The molecule has 0 aliphatic carbocycles. The van der Waals surface area contributed by atoms with Crippen molar-refractivity contribution in [1.29, 1.82) is 0 Å². The largest absolute Gasteiger partial charge is 0.370 e. The first-order valence-corrected chi connectivity index (χ1v) is 6.33. The molecule has 3 nitrogen and oxygen atoms in total. The van der Waals surface area contributed by atoms with E-state index in [1.807, 2.05) is 42.1 Å². The smallest absolute Gasteiger partial charge is 0.193 e. The van der Waals surface area contributed by atoms with Crippen LogP contribution in [0.2, 0.25) is 0 Å². The lowest BCUT2D eigenvalue weighted by atomic mass is 10.3. The van der Waals surface area contributed by atoms with Gasteiger partial charge in [-0.05, 0) is 30.6 Å². The van der Waals surface area contributed by atoms with Gasteiger partial charge >= 0.3 is 0 Å². The fourth-order valence-corrected chi connectivity index (χ4v) is 1.54. The van der Waals surface area contributed by atoms with E-state index in [0.717, 1.165) is 24.4 Å². The standard InChI is InChI=1S/C11H17N3S/c1-15-9-5-8-13-11(12)14-10-6-3-2-4-7-10/h2-4,6-7H,5,8-9H2,1H3,(H3,12,13,14). The Balaban J connectivity index is 2.32. The number of thioether (sulfide) groups is 1. The second-order valence-electron chi connectivity index (χ2n) is 3.10. The maximum atomic E-state index is 5.72. The number of rotatable bonds is 5. The van der Waals surface area contributed by atoms with Crippen LogP contribution in [-0.4, -0.2) is 24.5 Å². The fourth-order valence-electron chi connectivity index (χ4n) is 1.12. The summed E-state index contributed by atoms with van der Waals surface area (Å²) in [5, 5.41) is 3.04. The zero-order valence-electron chi connectivity index (χ0n) is 8.94. The number of nitrogens with two attached hydrogens (primary N) is 1. The Bertz CT molecular complexity index is 298. The number of para-hydroxylation sites is 1. The summed E-state index contributed by atoms with van der Waals surface area (Å²) in [6.45, 7) is 0.784. The van der Waals surface area contributed by atoms with Gasteiger partial charge in [0, 0.05) is 12.2 Å². The first-order valence-electron chi connectivity index (χ1n) is 4.94. The topological polar surface area (TPSA) is 50.4 Å². The lowest BCUT2D eigenvalue weighted by molar-refractivity contribution is 0.941. The third-order valence-electron chi connectivity index (χ3n) is 1.83. The molecule has 0 saturated heterocycles. The Morgan fingerprint density at radius 3 is 2.80 bits per heavy atom. The number of nitrogens with one attached hydrogen (secondary N) is 1. The van der Waals surface area contributed by atoms with Crippen LogP contribution < -0.4 is 11.1 Å². The van der Waals surface area contributed by atoms with Crippen molar-refractivity contribution in [2.45, 2.75) is 6.42 Å². The number of nitrogens with zero attached hydrogens (tertiary/aromatic N) is 1. The summed E-state index contributed by atoms with van der Waals surface area (Å²) < 4.78 is 0. The normalized spacial score (nSPS) is 11.4. The van der Waals surface area contributed by atoms with Gasteiger partial charge in [0.05, 0.1) is 0 Å². The molecule has 3 N–H and O–H groups in total. The van der Waals surface area contributed by atoms with Crippen LogP contribution in [0.4, 0.5) is 5.69 Å². The second-order valence-corrected chi connectivity index (χ2v) is 4.09. The average molecular weight is 223 g/mol. The zero-order chi connectivity index (χ0) is 10.9. The van der Waals surface area contributed by atoms with Crippen LogP contribution in [0.5, 0.6) is 0 Å². The molecule has 0 heterocycles. The summed E-state index contributed by atoms with van der Waals surface area (Å²) >= 11 is 1.83. The molecule has 1 aromatic carbocycles. The molecule has 0 saturated carbocycles. The number of anilines is 1. The van der Waals surface area contributed by atoms with Gasteiger partial charge < -0.3 is 11.1 Å². The molecule has 4 heteroatoms. The van der Waals surface area contributed by atoms with Crippen LogP contribution in [-0.2, 0) is 0 Å². The van der Waals surface area contributed by atoms with Crippen molar-refractivity contribution in [3.8, 4) is 0 Å². The van der Waals surface area contributed by atoms with Gasteiger partial charge in [0.25, 0.3) is 0 Å². The average Bonchev–Trinajstić information content (AvgIpc) is 2.26. The quantitative estimate of drug-likeness (QED) is 0.457. The zero-order valence-corrected chi connectivity index (χ0v) is 9.76. The van der Waals surface area contributed by atoms with Gasteiger partial charge in [-0.2, -0.15) is 11.8 Å². The van der Waals surface area contributed by atoms with Crippen molar-refractivity contribution in [3.63, 3.8) is 0 Å². The summed E-state index contributed by atoms with van der Waals surface area (Å²) in [5.74, 6) is 1.62. The minimum absolute atomic E-state index is 0.488. The predicted octanol–water partition coefficient (Wildman–Crippen LogP) is 2.17. The number of hydrogen-bond donors (Lipinski definition) is 2. The van der Waals surface area contributed by atoms with Gasteiger partial charge in [-0.25, -0.2) is 0 Å². The molecule has 0 radical (unpaired) electrons. The third kappa shape index (κ3) is 5.32. The molecule has 15 heavy (non-hydrogen) atoms. The molecule has 0 fully saturated rings. The van der Waals surface area contributed by atoms with Crippen molar-refractivity contribution >= 4 is 23.4 Å². The molecular weight excluding hydrogens is 206 g/mol. The minimum Gasteiger partial charge on any atom is -0.370 e. The Hall–Kier alpha value is -1.16. The van der Waals surface area contributed by atoms with Gasteiger partial charge in [0.15, 0.2) is 5.96 Å². The molecule has 0 amide bonds. The summed E-state index contributed by atoms with van der Waals surface area (Å²) in [6.07, 6.45) is 3.16. The molecule has 0 unspecified atom stereocenters. The molecule has 0 bridgehead atoms. The summed E-state index contributed by atoms with van der Waals surface area (Å²) in [7, 11) is 0. The Morgan fingerprint density at radius 2 is 2.13 bits per heavy atom. The lowest BCUT2D eigenvalue weighted by Crippen LogP contribution is -2.22. The summed E-state index contributed by atoms with van der Waals surface area (Å²) in [5.41, 5.74) is 6.70. The van der Waals surface area contributed by atoms with Crippen molar-refractivity contribution < 1.29 is 0 Å². The van der Waals surface area contributed by atoms with E-state index in [1.54, 1.807) is 0 Å². The van der Waals surface area contributed by atoms with Crippen LogP contribution >= 0.6 is 11.8 Å². The molecule has 82 valence electrons. The van der Waals surface area contributed by atoms with E-state index in [1.165, 1.54) is 0 Å². The van der Waals surface area contributed by atoms with Crippen LogP contribution in [0.25, 0.3) is 0 Å². The van der Waals surface area contributed by atoms with Gasteiger partial charge in [-0.3, -0.25) is 4.99 Å². The predicted molar refractivity (Wildman–Crippen MR) is 69.6 cm³/mol. The van der Waals surface area contributed by atoms with Crippen molar-refractivity contribution in [3.05, 3.63) is 30.3 Å². The highest BCUT2D eigenvalue weighted by Gasteiger charge is 1.92. The Labute approximate surface area is 95.2 Å². The van der Waals surface area contributed by atoms with Crippen LogP contribution in [0.1, 0.15) is 6.42 Å². The SMILES string of the molecule is CSCCCN=C(N)Nc1ccccc1. The molecule has 0 aliphatic rings. The maximum absolute atomic E-state index is 5.72. The van der Waals surface area contributed by atoms with Gasteiger partial charge in [-0.1, -0.05) is 18.2 Å². The monoisotopic (exact) mass is 223 g/mol. The summed E-state index contributed by atoms with van der Waals surface area (Å²) in [6, 6.07) is 9.82. The van der Waals surface area contributed by atoms with Gasteiger partial charge in [0.1, 0.15) is 0 Å². The van der Waals surface area contributed by atoms with Crippen molar-refractivity contribution in [2.24, 2.45) is 10.7 Å². The molecule has 0 aliphatic heterocycles. The minimum atomic E-state index is 0.488. The van der Waals surface area contributed by atoms with E-state index in [9.17, 15) is 0 Å². The number of guanidine groups is 1. The van der Waals surface area contributed by atoms with E-state index >= 15 is 0 Å². The number of aliphatic imine (C=N–C) groups is 1. The Morgan fingerprint density at radius 1 is 1.40 bits per heavy atom. The number of hydrogen-bond acceptors (Lipinski definition) is 2. The third-order valence-corrected chi connectivity index (χ3v) is 2.53. The molecule has 1 aromatic rings. The van der Waals surface area contributed by atoms with Crippen molar-refractivity contribution in [1.82, 2.24) is 0 Å². The highest BCUT2D eigenvalue weighted by atomic mass is 32.2. The Kier molecular flexibility index (Phi) is 5.70. The lowest BCUT2D eigenvalue weighted by Gasteiger charge is -2.04. The first kappa shape index (κ1) is 11.9. The van der Waals surface area contributed by atoms with Crippen LogP contribution in [0.15, 0.2) is 35.3 Å². The fraction of sp³-hybridized carbons (Fsp3) is 0.364. The molecule has 1 rings (SSSR count). The van der Waals surface area contributed by atoms with Gasteiger partial charge in [0.2, 0.25) is 0 Å². The molecule has 0 atom stereocenters. The molecule has 0 aromatic heterocycles. The summed E-state index contributed by atoms with van der Waals surface area (Å²) in [4.78, 5) is 4.23. The number of benzene rings is 1. The highest BCUT2D eigenvalue weighted by Crippen LogP contribution is 2.03. The first-order chi connectivity index (χ1) is 7.33. The van der Waals surface area contributed by atoms with E-state index in [-0.39, 0.29) is 0 Å². The van der Waals surface area contributed by atoms with E-state index < -0.39 is 0 Å². The van der Waals surface area contributed by atoms with Crippen LogP contribution in [0, 0.1) is 0 Å². The van der Waals surface area contributed by atoms with E-state index in [2.05, 4.69) is 16.6 Å². The van der Waals surface area contributed by atoms with E-state index in [4.69, 9.17) is 5.73 Å². The van der Waals surface area contributed by atoms with E-state index in [0.29, 0.717) is 5.96 Å².